The Morgan fingerprint density at radius 3 is 2.20 bits per heavy atom. The van der Waals surface area contributed by atoms with Crippen LogP contribution in [-0.2, 0) is 14.4 Å². The fourth-order valence-corrected chi connectivity index (χ4v) is 1.13. The van der Waals surface area contributed by atoms with Gasteiger partial charge in [-0.15, -0.1) is 0 Å². The molecule has 1 unspecified atom stereocenters. The Morgan fingerprint density at radius 1 is 1.20 bits per heavy atom. The van der Waals surface area contributed by atoms with E-state index in [1.807, 2.05) is 0 Å². The van der Waals surface area contributed by atoms with Crippen molar-refractivity contribution in [3.8, 4) is 0 Å². The minimum Gasteiger partial charge on any atom is -0.345 e. The SMILES string of the molecule is CNCC(=O)NC(CCC(C)=O)C(C)=O. The maximum Gasteiger partial charge on any atom is 0.234 e. The molecule has 0 aromatic heterocycles. The van der Waals surface area contributed by atoms with Gasteiger partial charge < -0.3 is 15.4 Å². The van der Waals surface area contributed by atoms with E-state index in [1.54, 1.807) is 7.05 Å². The summed E-state index contributed by atoms with van der Waals surface area (Å²) in [7, 11) is 1.65. The fraction of sp³-hybridized carbons (Fsp3) is 0.700. The average Bonchev–Trinajstić information content (AvgIpc) is 2.11. The lowest BCUT2D eigenvalue weighted by atomic mass is 10.1. The largest absolute Gasteiger partial charge is 0.345 e. The second-order valence-electron chi connectivity index (χ2n) is 3.50. The van der Waals surface area contributed by atoms with Gasteiger partial charge in [0.1, 0.15) is 5.78 Å². The Morgan fingerprint density at radius 2 is 1.80 bits per heavy atom. The first-order valence-electron chi connectivity index (χ1n) is 4.91. The van der Waals surface area contributed by atoms with E-state index in [9.17, 15) is 14.4 Å². The molecule has 0 bridgehead atoms. The van der Waals surface area contributed by atoms with Crippen molar-refractivity contribution in [2.45, 2.75) is 32.7 Å². The number of hydrogen-bond donors (Lipinski definition) is 2. The topological polar surface area (TPSA) is 75.3 Å². The van der Waals surface area contributed by atoms with Crippen LogP contribution in [0.25, 0.3) is 0 Å². The van der Waals surface area contributed by atoms with Crippen LogP contribution in [0.15, 0.2) is 0 Å². The number of likely N-dealkylation sites (N-methyl/N-ethyl adjacent to an activating group) is 1. The molecule has 0 saturated carbocycles. The first kappa shape index (κ1) is 13.8. The molecule has 1 atom stereocenters. The van der Waals surface area contributed by atoms with Gasteiger partial charge in [0.2, 0.25) is 5.91 Å². The van der Waals surface area contributed by atoms with Crippen molar-refractivity contribution in [2.75, 3.05) is 13.6 Å². The summed E-state index contributed by atoms with van der Waals surface area (Å²) in [5.41, 5.74) is 0. The highest BCUT2D eigenvalue weighted by atomic mass is 16.2. The number of carbonyl (C=O) groups excluding carboxylic acids is 3. The first-order valence-corrected chi connectivity index (χ1v) is 4.91. The molecule has 0 fully saturated rings. The smallest absolute Gasteiger partial charge is 0.234 e. The third-order valence-electron chi connectivity index (χ3n) is 1.95. The Kier molecular flexibility index (Phi) is 6.53. The monoisotopic (exact) mass is 214 g/mol. The van der Waals surface area contributed by atoms with Gasteiger partial charge in [-0.3, -0.25) is 9.59 Å². The molecule has 0 spiro atoms. The summed E-state index contributed by atoms with van der Waals surface area (Å²) >= 11 is 0. The molecule has 5 nitrogen and oxygen atoms in total. The molecule has 5 heteroatoms. The molecule has 0 saturated heterocycles. The summed E-state index contributed by atoms with van der Waals surface area (Å²) in [4.78, 5) is 33.1. The second-order valence-corrected chi connectivity index (χ2v) is 3.50. The standard InChI is InChI=1S/C10H18N2O3/c1-7(13)4-5-9(8(2)14)12-10(15)6-11-3/h9,11H,4-6H2,1-3H3,(H,12,15). The molecule has 2 N–H and O–H groups in total. The molecule has 0 aliphatic rings. The van der Waals surface area contributed by atoms with Gasteiger partial charge in [-0.2, -0.15) is 0 Å². The van der Waals surface area contributed by atoms with Crippen molar-refractivity contribution < 1.29 is 14.4 Å². The third kappa shape index (κ3) is 6.79. The van der Waals surface area contributed by atoms with E-state index in [4.69, 9.17) is 0 Å². The number of rotatable bonds is 7. The van der Waals surface area contributed by atoms with Crippen LogP contribution in [0.2, 0.25) is 0 Å². The van der Waals surface area contributed by atoms with Crippen LogP contribution in [-0.4, -0.2) is 37.1 Å². The summed E-state index contributed by atoms with van der Waals surface area (Å²) in [6.07, 6.45) is 0.685. The number of ketones is 2. The van der Waals surface area contributed by atoms with Gasteiger partial charge in [0, 0.05) is 6.42 Å². The zero-order valence-corrected chi connectivity index (χ0v) is 9.42. The van der Waals surface area contributed by atoms with Crippen molar-refractivity contribution >= 4 is 17.5 Å². The quantitative estimate of drug-likeness (QED) is 0.607. The van der Waals surface area contributed by atoms with Gasteiger partial charge in [0.25, 0.3) is 0 Å². The van der Waals surface area contributed by atoms with Crippen molar-refractivity contribution in [1.82, 2.24) is 10.6 Å². The summed E-state index contributed by atoms with van der Waals surface area (Å²) in [6.45, 7) is 3.04. The van der Waals surface area contributed by atoms with Crippen molar-refractivity contribution in [1.29, 1.82) is 0 Å². The molecule has 0 aromatic rings. The minimum atomic E-state index is -0.547. The van der Waals surface area contributed by atoms with E-state index in [2.05, 4.69) is 10.6 Å². The maximum atomic E-state index is 11.2. The van der Waals surface area contributed by atoms with Crippen LogP contribution in [0.3, 0.4) is 0 Å². The second kappa shape index (κ2) is 7.11. The Labute approximate surface area is 89.6 Å². The van der Waals surface area contributed by atoms with Crippen molar-refractivity contribution in [3.63, 3.8) is 0 Å². The highest BCUT2D eigenvalue weighted by molar-refractivity contribution is 5.88. The van der Waals surface area contributed by atoms with E-state index in [0.29, 0.717) is 12.8 Å². The molecule has 15 heavy (non-hydrogen) atoms. The summed E-state index contributed by atoms with van der Waals surface area (Å²) < 4.78 is 0. The van der Waals surface area contributed by atoms with E-state index in [0.717, 1.165) is 0 Å². The molecule has 86 valence electrons. The predicted molar refractivity (Wildman–Crippen MR) is 56.5 cm³/mol. The van der Waals surface area contributed by atoms with Gasteiger partial charge >= 0.3 is 0 Å². The number of hydrogen-bond acceptors (Lipinski definition) is 4. The summed E-state index contributed by atoms with van der Waals surface area (Å²) in [6, 6.07) is -0.547. The van der Waals surface area contributed by atoms with Crippen LogP contribution >= 0.6 is 0 Å². The molecule has 1 amide bonds. The molecule has 0 aliphatic carbocycles. The summed E-state index contributed by atoms with van der Waals surface area (Å²) in [5.74, 6) is -0.342. The van der Waals surface area contributed by atoms with E-state index in [-0.39, 0.29) is 24.0 Å². The highest BCUT2D eigenvalue weighted by Gasteiger charge is 2.16. The first-order chi connectivity index (χ1) is 6.97. The van der Waals surface area contributed by atoms with Gasteiger partial charge in [-0.05, 0) is 27.3 Å². The van der Waals surface area contributed by atoms with Crippen LogP contribution in [0, 0.1) is 0 Å². The van der Waals surface area contributed by atoms with Crippen LogP contribution in [0.5, 0.6) is 0 Å². The van der Waals surface area contributed by atoms with Gasteiger partial charge in [0.05, 0.1) is 12.6 Å². The molecular formula is C10H18N2O3. The predicted octanol–water partition coefficient (Wildman–Crippen LogP) is -0.351. The van der Waals surface area contributed by atoms with Gasteiger partial charge in [-0.25, -0.2) is 0 Å². The Bertz CT molecular complexity index is 251. The number of amides is 1. The zero-order valence-electron chi connectivity index (χ0n) is 9.42. The lowest BCUT2D eigenvalue weighted by Gasteiger charge is -2.14. The lowest BCUT2D eigenvalue weighted by Crippen LogP contribution is -2.43. The Balaban J connectivity index is 4.10. The summed E-state index contributed by atoms with van der Waals surface area (Å²) in [5, 5.41) is 5.26. The Hall–Kier alpha value is -1.23. The zero-order chi connectivity index (χ0) is 11.8. The van der Waals surface area contributed by atoms with Crippen molar-refractivity contribution in [2.24, 2.45) is 0 Å². The van der Waals surface area contributed by atoms with Gasteiger partial charge in [-0.1, -0.05) is 0 Å². The molecule has 0 aromatic carbocycles. The highest BCUT2D eigenvalue weighted by Crippen LogP contribution is 1.99. The van der Waals surface area contributed by atoms with Gasteiger partial charge in [0.15, 0.2) is 5.78 Å². The fourth-order valence-electron chi connectivity index (χ4n) is 1.13. The maximum absolute atomic E-state index is 11.2. The van der Waals surface area contributed by atoms with Crippen LogP contribution in [0.4, 0.5) is 0 Å². The van der Waals surface area contributed by atoms with Crippen LogP contribution in [0.1, 0.15) is 26.7 Å². The molecular weight excluding hydrogens is 196 g/mol. The molecule has 0 radical (unpaired) electrons. The molecule has 0 aliphatic heterocycles. The van der Waals surface area contributed by atoms with E-state index < -0.39 is 6.04 Å². The van der Waals surface area contributed by atoms with E-state index >= 15 is 0 Å². The van der Waals surface area contributed by atoms with Crippen molar-refractivity contribution in [3.05, 3.63) is 0 Å². The average molecular weight is 214 g/mol. The number of Topliss-reactive ketones (excluding diaryl/α,β-unsaturated/α-hetero) is 2. The molecule has 0 rings (SSSR count). The minimum absolute atomic E-state index is 0.0177. The lowest BCUT2D eigenvalue weighted by molar-refractivity contribution is -0.127. The number of carbonyl (C=O) groups is 3. The number of nitrogens with one attached hydrogen (secondary N) is 2. The van der Waals surface area contributed by atoms with E-state index in [1.165, 1.54) is 13.8 Å². The van der Waals surface area contributed by atoms with Crippen LogP contribution < -0.4 is 10.6 Å². The normalized spacial score (nSPS) is 11.9. The molecule has 0 heterocycles. The third-order valence-corrected chi connectivity index (χ3v) is 1.95.